The molecule has 0 bridgehead atoms. The van der Waals surface area contributed by atoms with E-state index in [0.29, 0.717) is 6.29 Å². The zero-order valence-electron chi connectivity index (χ0n) is 21.2. The summed E-state index contributed by atoms with van der Waals surface area (Å²) >= 11 is 0. The van der Waals surface area contributed by atoms with Crippen LogP contribution in [0.1, 0.15) is 51.3 Å². The molecule has 0 heterocycles. The summed E-state index contributed by atoms with van der Waals surface area (Å²) in [7, 11) is -6.58. The molecule has 0 aliphatic heterocycles. The topological polar surface area (TPSA) is 89.9 Å². The summed E-state index contributed by atoms with van der Waals surface area (Å²) in [6.45, 7) is 14.0. The number of aliphatic hydroxyl groups excluding tert-OH is 1. The second-order valence-electron chi connectivity index (χ2n) is 10.4. The maximum atomic E-state index is 13.3. The third kappa shape index (κ3) is 7.08. The third-order valence-corrected chi connectivity index (χ3v) is 12.4. The van der Waals surface area contributed by atoms with Crippen LogP contribution in [0.3, 0.4) is 0 Å². The van der Waals surface area contributed by atoms with Crippen LogP contribution in [0, 0.1) is 12.8 Å². The Bertz CT molecular complexity index is 1030. The zero-order valence-corrected chi connectivity index (χ0v) is 23.0. The van der Waals surface area contributed by atoms with Crippen LogP contribution in [0.4, 0.5) is 0 Å². The van der Waals surface area contributed by atoms with Gasteiger partial charge in [-0.05, 0) is 42.8 Å². The van der Waals surface area contributed by atoms with E-state index in [1.807, 2.05) is 37.3 Å². The van der Waals surface area contributed by atoms with Gasteiger partial charge in [0.1, 0.15) is 12.4 Å². The average molecular weight is 507 g/mol. The highest BCUT2D eigenvalue weighted by atomic mass is 32.2. The van der Waals surface area contributed by atoms with Crippen molar-refractivity contribution in [3.63, 3.8) is 0 Å². The molecule has 2 rings (SSSR count). The van der Waals surface area contributed by atoms with Crippen LogP contribution in [-0.4, -0.2) is 40.3 Å². The molecule has 0 saturated carbocycles. The van der Waals surface area contributed by atoms with Gasteiger partial charge < -0.3 is 14.3 Å². The van der Waals surface area contributed by atoms with Gasteiger partial charge in [-0.2, -0.15) is 8.42 Å². The fraction of sp³-hybridized carbons (Fsp3) is 0.500. The first-order chi connectivity index (χ1) is 15.7. The van der Waals surface area contributed by atoms with Gasteiger partial charge in [0.15, 0.2) is 8.32 Å². The van der Waals surface area contributed by atoms with Crippen molar-refractivity contribution in [3.05, 3.63) is 65.7 Å². The Morgan fingerprint density at radius 3 is 2.09 bits per heavy atom. The molecule has 0 aliphatic rings. The number of aldehydes is 1. The molecule has 6 nitrogen and oxygen atoms in total. The molecule has 4 atom stereocenters. The standard InChI is InChI=1S/C26H38O6SSi/c1-19-13-15-22(16-14-19)33(29,30)31-24(20(2)23(28)17-18-27)25(21-11-9-8-10-12-21)32-34(6,7)26(3,4)5/h8-16,18,20,23-25,28H,17H2,1-7H3/t20-,23-,24-,25+/m0/s1. The summed E-state index contributed by atoms with van der Waals surface area (Å²) in [6, 6.07) is 15.7. The first-order valence-corrected chi connectivity index (χ1v) is 15.9. The van der Waals surface area contributed by atoms with Crippen LogP contribution >= 0.6 is 0 Å². The predicted octanol–water partition coefficient (Wildman–Crippen LogP) is 5.42. The number of carbonyl (C=O) groups is 1. The van der Waals surface area contributed by atoms with Gasteiger partial charge in [-0.3, -0.25) is 4.18 Å². The molecule has 8 heteroatoms. The van der Waals surface area contributed by atoms with E-state index in [4.69, 9.17) is 8.61 Å². The summed E-state index contributed by atoms with van der Waals surface area (Å²) in [5.41, 5.74) is 1.68. The van der Waals surface area contributed by atoms with E-state index >= 15 is 0 Å². The molecular formula is C26H38O6SSi. The van der Waals surface area contributed by atoms with Crippen LogP contribution in [0.25, 0.3) is 0 Å². The van der Waals surface area contributed by atoms with Crippen molar-refractivity contribution in [1.82, 2.24) is 0 Å². The van der Waals surface area contributed by atoms with E-state index in [9.17, 15) is 18.3 Å². The molecule has 0 radical (unpaired) electrons. The molecule has 0 amide bonds. The molecule has 0 aliphatic carbocycles. The van der Waals surface area contributed by atoms with Gasteiger partial charge in [-0.1, -0.05) is 75.7 Å². The molecule has 1 N–H and O–H groups in total. The van der Waals surface area contributed by atoms with E-state index in [2.05, 4.69) is 33.9 Å². The highest BCUT2D eigenvalue weighted by Gasteiger charge is 2.45. The second kappa shape index (κ2) is 11.3. The summed E-state index contributed by atoms with van der Waals surface area (Å²) in [5.74, 6) is -0.708. The number of aliphatic hydroxyl groups is 1. The van der Waals surface area contributed by atoms with Crippen molar-refractivity contribution in [3.8, 4) is 0 Å². The summed E-state index contributed by atoms with van der Waals surface area (Å²) in [6.07, 6.45) is -2.42. The highest BCUT2D eigenvalue weighted by molar-refractivity contribution is 7.86. The molecule has 0 saturated heterocycles. The Kier molecular flexibility index (Phi) is 9.41. The van der Waals surface area contributed by atoms with Crippen molar-refractivity contribution in [1.29, 1.82) is 0 Å². The van der Waals surface area contributed by atoms with Crippen molar-refractivity contribution in [2.45, 2.75) is 82.4 Å². The normalized spacial score (nSPS) is 16.5. The largest absolute Gasteiger partial charge is 0.407 e. The molecule has 0 spiro atoms. The number of benzene rings is 2. The lowest BCUT2D eigenvalue weighted by Gasteiger charge is -2.43. The first-order valence-electron chi connectivity index (χ1n) is 11.5. The number of hydrogen-bond donors (Lipinski definition) is 1. The molecule has 2 aromatic rings. The van der Waals surface area contributed by atoms with Crippen LogP contribution < -0.4 is 0 Å². The SMILES string of the molecule is Cc1ccc(S(=O)(=O)O[C@@H]([C@@H](C)[C@@H](O)CC=O)[C@H](O[Si](C)(C)C(C)(C)C)c2ccccc2)cc1. The quantitative estimate of drug-likeness (QED) is 0.249. The Labute approximate surface area is 205 Å². The third-order valence-electron chi connectivity index (χ3n) is 6.66. The minimum absolute atomic E-state index is 0.0271. The summed E-state index contributed by atoms with van der Waals surface area (Å²) in [4.78, 5) is 11.2. The molecule has 2 aromatic carbocycles. The van der Waals surface area contributed by atoms with E-state index in [1.54, 1.807) is 19.1 Å². The second-order valence-corrected chi connectivity index (χ2v) is 16.7. The number of rotatable bonds is 11. The van der Waals surface area contributed by atoms with Gasteiger partial charge in [-0.15, -0.1) is 0 Å². The number of hydrogen-bond acceptors (Lipinski definition) is 6. The molecule has 0 unspecified atom stereocenters. The molecular weight excluding hydrogens is 468 g/mol. The minimum Gasteiger partial charge on any atom is -0.407 e. The van der Waals surface area contributed by atoms with Gasteiger partial charge >= 0.3 is 0 Å². The molecule has 188 valence electrons. The van der Waals surface area contributed by atoms with Gasteiger partial charge in [0.2, 0.25) is 0 Å². The molecule has 0 fully saturated rings. The maximum Gasteiger partial charge on any atom is 0.297 e. The van der Waals surface area contributed by atoms with Crippen molar-refractivity contribution in [2.24, 2.45) is 5.92 Å². The van der Waals surface area contributed by atoms with Gasteiger partial charge in [0.05, 0.1) is 17.1 Å². The number of carbonyl (C=O) groups excluding carboxylic acids is 1. The van der Waals surface area contributed by atoms with Crippen LogP contribution in [0.2, 0.25) is 18.1 Å². The Balaban J connectivity index is 2.61. The smallest absolute Gasteiger partial charge is 0.297 e. The first kappa shape index (κ1) is 28.4. The molecule has 34 heavy (non-hydrogen) atoms. The monoisotopic (exact) mass is 506 g/mol. The van der Waals surface area contributed by atoms with Crippen molar-refractivity contribution < 1.29 is 26.9 Å². The van der Waals surface area contributed by atoms with Gasteiger partial charge in [0, 0.05) is 12.3 Å². The Morgan fingerprint density at radius 2 is 1.59 bits per heavy atom. The Morgan fingerprint density at radius 1 is 1.03 bits per heavy atom. The average Bonchev–Trinajstić information content (AvgIpc) is 2.76. The fourth-order valence-corrected chi connectivity index (χ4v) is 5.72. The molecule has 0 aromatic heterocycles. The van der Waals surface area contributed by atoms with Gasteiger partial charge in [-0.25, -0.2) is 0 Å². The van der Waals surface area contributed by atoms with Crippen molar-refractivity contribution >= 4 is 24.7 Å². The zero-order chi connectivity index (χ0) is 25.7. The lowest BCUT2D eigenvalue weighted by atomic mass is 9.90. The van der Waals surface area contributed by atoms with Crippen LogP contribution in [0.15, 0.2) is 59.5 Å². The fourth-order valence-electron chi connectivity index (χ4n) is 3.31. The lowest BCUT2D eigenvalue weighted by Crippen LogP contribution is -2.47. The highest BCUT2D eigenvalue weighted by Crippen LogP contribution is 2.43. The van der Waals surface area contributed by atoms with Crippen LogP contribution in [-0.2, 0) is 23.5 Å². The summed E-state index contributed by atoms with van der Waals surface area (Å²) < 4.78 is 39.3. The van der Waals surface area contributed by atoms with E-state index in [0.717, 1.165) is 11.1 Å². The maximum absolute atomic E-state index is 13.3. The lowest BCUT2D eigenvalue weighted by molar-refractivity contribution is -0.111. The van der Waals surface area contributed by atoms with E-state index in [-0.39, 0.29) is 16.4 Å². The minimum atomic E-state index is -4.18. The van der Waals surface area contributed by atoms with E-state index < -0.39 is 42.7 Å². The van der Waals surface area contributed by atoms with E-state index in [1.165, 1.54) is 12.1 Å². The number of aryl methyl sites for hydroxylation is 1. The predicted molar refractivity (Wildman–Crippen MR) is 137 cm³/mol. The Hall–Kier alpha value is -1.84. The van der Waals surface area contributed by atoms with Gasteiger partial charge in [0.25, 0.3) is 10.1 Å². The van der Waals surface area contributed by atoms with Crippen LogP contribution in [0.5, 0.6) is 0 Å². The summed E-state index contributed by atoms with van der Waals surface area (Å²) in [5, 5.41) is 10.5. The van der Waals surface area contributed by atoms with Crippen molar-refractivity contribution in [2.75, 3.05) is 0 Å².